The summed E-state index contributed by atoms with van der Waals surface area (Å²) in [5.74, 6) is -0.0864. The average molecular weight is 330 g/mol. The van der Waals surface area contributed by atoms with Crippen LogP contribution in [0.25, 0.3) is 10.9 Å². The van der Waals surface area contributed by atoms with Crippen LogP contribution in [0.5, 0.6) is 0 Å². The molecule has 24 heavy (non-hydrogen) atoms. The van der Waals surface area contributed by atoms with Crippen LogP contribution in [0.1, 0.15) is 12.8 Å². The molecule has 2 aromatic rings. The van der Waals surface area contributed by atoms with E-state index in [1.165, 1.54) is 5.39 Å². The van der Waals surface area contributed by atoms with Crippen LogP contribution in [0, 0.1) is 0 Å². The van der Waals surface area contributed by atoms with Crippen molar-refractivity contribution >= 4 is 22.5 Å². The number of benzene rings is 1. The van der Waals surface area contributed by atoms with E-state index in [-0.39, 0.29) is 12.0 Å². The molecule has 3 rings (SSSR count). The fourth-order valence-electron chi connectivity index (χ4n) is 3.06. The zero-order valence-corrected chi connectivity index (χ0v) is 14.4. The summed E-state index contributed by atoms with van der Waals surface area (Å²) in [7, 11) is 4.13. The van der Waals surface area contributed by atoms with E-state index in [0.717, 1.165) is 37.1 Å². The number of nitrogens with two attached hydrogens (primary N) is 1. The van der Waals surface area contributed by atoms with E-state index in [0.29, 0.717) is 6.54 Å². The van der Waals surface area contributed by atoms with Crippen LogP contribution in [0.4, 0.5) is 5.69 Å². The van der Waals surface area contributed by atoms with Gasteiger partial charge in [0.15, 0.2) is 0 Å². The van der Waals surface area contributed by atoms with Crippen molar-refractivity contribution in [2.75, 3.05) is 32.5 Å². The third-order valence-electron chi connectivity index (χ3n) is 4.49. The largest absolute Gasteiger partial charge is 0.364 e. The van der Waals surface area contributed by atoms with Crippen molar-refractivity contribution < 1.29 is 9.53 Å². The highest BCUT2D eigenvalue weighted by Gasteiger charge is 2.29. The third-order valence-corrected chi connectivity index (χ3v) is 4.49. The van der Waals surface area contributed by atoms with E-state index >= 15 is 0 Å². The fourth-order valence-corrected chi connectivity index (χ4v) is 3.06. The average Bonchev–Trinajstić information content (AvgIpc) is 3.19. The maximum absolute atomic E-state index is 12.4. The molecule has 2 atom stereocenters. The van der Waals surface area contributed by atoms with E-state index in [9.17, 15) is 4.79 Å². The third kappa shape index (κ3) is 3.77. The Morgan fingerprint density at radius 1 is 1.38 bits per heavy atom. The smallest absolute Gasteiger partial charge is 0.253 e. The highest BCUT2D eigenvalue weighted by Crippen LogP contribution is 2.23. The van der Waals surface area contributed by atoms with E-state index in [4.69, 9.17) is 10.5 Å². The first-order valence-corrected chi connectivity index (χ1v) is 8.47. The van der Waals surface area contributed by atoms with Gasteiger partial charge in [0.25, 0.3) is 5.91 Å². The minimum atomic E-state index is -0.394. The standard InChI is InChI=1S/C18H26N4O2/c1-21(2)9-10-22-8-7-13-3-4-14(11-16(13)22)20-18(23)17-6-5-15(12-19)24-17/h3-4,7-8,11,15,17H,5-6,9-10,12,19H2,1-2H3,(H,20,23)/t15-,17+/m1/s1. The number of hydrogen-bond acceptors (Lipinski definition) is 4. The Kier molecular flexibility index (Phi) is 5.18. The number of nitrogens with one attached hydrogen (secondary N) is 1. The molecule has 1 fully saturated rings. The van der Waals surface area contributed by atoms with E-state index < -0.39 is 6.10 Å². The van der Waals surface area contributed by atoms with Crippen molar-refractivity contribution in [3.05, 3.63) is 30.5 Å². The number of likely N-dealkylation sites (N-methyl/N-ethyl adjacent to an activating group) is 1. The molecule has 1 amide bonds. The predicted octanol–water partition coefficient (Wildman–Crippen LogP) is 1.65. The Morgan fingerprint density at radius 2 is 2.21 bits per heavy atom. The lowest BCUT2D eigenvalue weighted by atomic mass is 10.2. The van der Waals surface area contributed by atoms with Crippen LogP contribution in [0.2, 0.25) is 0 Å². The molecule has 1 aromatic heterocycles. The molecule has 0 unspecified atom stereocenters. The molecule has 1 saturated heterocycles. The van der Waals surface area contributed by atoms with E-state index in [1.54, 1.807) is 0 Å². The lowest BCUT2D eigenvalue weighted by molar-refractivity contribution is -0.126. The molecule has 0 aliphatic carbocycles. The number of carbonyl (C=O) groups excluding carboxylic acids is 1. The molecule has 0 radical (unpaired) electrons. The number of amides is 1. The summed E-state index contributed by atoms with van der Waals surface area (Å²) in [6.07, 6.45) is 3.28. The number of fused-ring (bicyclic) bond motifs is 1. The Morgan fingerprint density at radius 3 is 2.92 bits per heavy atom. The molecule has 3 N–H and O–H groups in total. The van der Waals surface area contributed by atoms with E-state index in [1.807, 2.05) is 18.2 Å². The van der Waals surface area contributed by atoms with Crippen LogP contribution in [0.15, 0.2) is 30.5 Å². The van der Waals surface area contributed by atoms with Gasteiger partial charge in [0, 0.05) is 31.5 Å². The quantitative estimate of drug-likeness (QED) is 0.845. The zero-order chi connectivity index (χ0) is 17.1. The lowest BCUT2D eigenvalue weighted by Gasteiger charge is -2.14. The van der Waals surface area contributed by atoms with Gasteiger partial charge in [-0.15, -0.1) is 0 Å². The first-order chi connectivity index (χ1) is 11.6. The van der Waals surface area contributed by atoms with Gasteiger partial charge in [-0.3, -0.25) is 4.79 Å². The van der Waals surface area contributed by atoms with Crippen molar-refractivity contribution in [1.29, 1.82) is 0 Å². The summed E-state index contributed by atoms with van der Waals surface area (Å²) in [6, 6.07) is 8.10. The second-order valence-electron chi connectivity index (χ2n) is 6.64. The minimum absolute atomic E-state index is 0.00601. The first kappa shape index (κ1) is 17.0. The number of rotatable bonds is 6. The Hall–Kier alpha value is -1.89. The number of aromatic nitrogens is 1. The highest BCUT2D eigenvalue weighted by molar-refractivity contribution is 5.96. The normalized spacial score (nSPS) is 20.8. The molecule has 0 spiro atoms. The van der Waals surface area contributed by atoms with Crippen LogP contribution < -0.4 is 11.1 Å². The van der Waals surface area contributed by atoms with Gasteiger partial charge in [-0.2, -0.15) is 0 Å². The van der Waals surface area contributed by atoms with Crippen molar-refractivity contribution in [3.8, 4) is 0 Å². The van der Waals surface area contributed by atoms with Gasteiger partial charge in [0.05, 0.1) is 11.6 Å². The monoisotopic (exact) mass is 330 g/mol. The maximum atomic E-state index is 12.4. The van der Waals surface area contributed by atoms with Gasteiger partial charge in [-0.1, -0.05) is 6.07 Å². The molecule has 1 aliphatic rings. The van der Waals surface area contributed by atoms with Gasteiger partial charge in [-0.05, 0) is 50.5 Å². The predicted molar refractivity (Wildman–Crippen MR) is 96.1 cm³/mol. The maximum Gasteiger partial charge on any atom is 0.253 e. The number of anilines is 1. The lowest BCUT2D eigenvalue weighted by Crippen LogP contribution is -2.29. The van der Waals surface area contributed by atoms with Crippen LogP contribution in [0.3, 0.4) is 0 Å². The number of hydrogen-bond donors (Lipinski definition) is 2. The van der Waals surface area contributed by atoms with E-state index in [2.05, 4.69) is 41.1 Å². The summed E-state index contributed by atoms with van der Waals surface area (Å²) in [6.45, 7) is 2.35. The SMILES string of the molecule is CN(C)CCn1ccc2ccc(NC(=O)[C@@H]3CC[C@H](CN)O3)cc21. The second kappa shape index (κ2) is 7.34. The zero-order valence-electron chi connectivity index (χ0n) is 14.4. The second-order valence-corrected chi connectivity index (χ2v) is 6.64. The van der Waals surface area contributed by atoms with Crippen molar-refractivity contribution in [2.24, 2.45) is 5.73 Å². The summed E-state index contributed by atoms with van der Waals surface area (Å²) in [5, 5.41) is 4.15. The molecule has 2 heterocycles. The molecule has 6 nitrogen and oxygen atoms in total. The van der Waals surface area contributed by atoms with Gasteiger partial charge in [-0.25, -0.2) is 0 Å². The molecule has 6 heteroatoms. The Bertz CT molecular complexity index is 710. The fraction of sp³-hybridized carbons (Fsp3) is 0.500. The van der Waals surface area contributed by atoms with Gasteiger partial charge in [0.2, 0.25) is 0 Å². The van der Waals surface area contributed by atoms with Crippen LogP contribution in [-0.4, -0.2) is 54.8 Å². The highest BCUT2D eigenvalue weighted by atomic mass is 16.5. The Balaban J connectivity index is 1.70. The van der Waals surface area contributed by atoms with Gasteiger partial charge >= 0.3 is 0 Å². The first-order valence-electron chi connectivity index (χ1n) is 8.47. The summed E-state index contributed by atoms with van der Waals surface area (Å²) >= 11 is 0. The van der Waals surface area contributed by atoms with Crippen LogP contribution >= 0.6 is 0 Å². The summed E-state index contributed by atoms with van der Waals surface area (Å²) in [5.41, 5.74) is 7.53. The van der Waals surface area contributed by atoms with Gasteiger partial charge < -0.3 is 25.3 Å². The molecule has 130 valence electrons. The number of carbonyl (C=O) groups is 1. The van der Waals surface area contributed by atoms with Crippen molar-refractivity contribution in [3.63, 3.8) is 0 Å². The molecule has 1 aromatic carbocycles. The summed E-state index contributed by atoms with van der Waals surface area (Å²) < 4.78 is 7.87. The molecular weight excluding hydrogens is 304 g/mol. The molecule has 0 bridgehead atoms. The Labute approximate surface area is 142 Å². The van der Waals surface area contributed by atoms with Crippen molar-refractivity contribution in [1.82, 2.24) is 9.47 Å². The molecular formula is C18H26N4O2. The topological polar surface area (TPSA) is 72.5 Å². The molecule has 1 aliphatic heterocycles. The van der Waals surface area contributed by atoms with Gasteiger partial charge in [0.1, 0.15) is 6.10 Å². The summed E-state index contributed by atoms with van der Waals surface area (Å²) in [4.78, 5) is 14.5. The molecule has 0 saturated carbocycles. The number of nitrogens with zero attached hydrogens (tertiary/aromatic N) is 2. The van der Waals surface area contributed by atoms with Crippen LogP contribution in [-0.2, 0) is 16.1 Å². The van der Waals surface area contributed by atoms with Crippen molar-refractivity contribution in [2.45, 2.75) is 31.6 Å². The minimum Gasteiger partial charge on any atom is -0.364 e. The number of ether oxygens (including phenoxy) is 1.